The molecule has 0 spiro atoms. The van der Waals surface area contributed by atoms with Crippen molar-refractivity contribution in [3.8, 4) is 0 Å². The van der Waals surface area contributed by atoms with Crippen molar-refractivity contribution in [1.82, 2.24) is 9.80 Å². The van der Waals surface area contributed by atoms with Gasteiger partial charge in [0.15, 0.2) is 0 Å². The molecule has 19 heavy (non-hydrogen) atoms. The number of carbonyl (C=O) groups excluding carboxylic acids is 1. The Labute approximate surface area is 113 Å². The molecular weight excluding hydrogens is 248 g/mol. The molecule has 2 aliphatic rings. The number of aliphatic carboxylic acids is 1. The number of urea groups is 1. The first-order valence-corrected chi connectivity index (χ1v) is 6.93. The van der Waals surface area contributed by atoms with Crippen LogP contribution in [0, 0.1) is 0 Å². The second kappa shape index (κ2) is 5.36. The summed E-state index contributed by atoms with van der Waals surface area (Å²) >= 11 is 0. The standard InChI is InChI=1S/C13H22N2O4/c1-13(11(17)18)6-4-8-15(13)12(19)14-7-3-2-5-10(14)9-16/h10,16H,2-9H2,1H3,(H,17,18). The summed E-state index contributed by atoms with van der Waals surface area (Å²) in [5.41, 5.74) is -1.10. The van der Waals surface area contributed by atoms with Crippen LogP contribution >= 0.6 is 0 Å². The summed E-state index contributed by atoms with van der Waals surface area (Å²) < 4.78 is 0. The minimum atomic E-state index is -1.10. The lowest BCUT2D eigenvalue weighted by atomic mass is 9.99. The average molecular weight is 270 g/mol. The molecule has 6 nitrogen and oxygen atoms in total. The quantitative estimate of drug-likeness (QED) is 0.781. The van der Waals surface area contributed by atoms with Gasteiger partial charge in [0.05, 0.1) is 12.6 Å². The summed E-state index contributed by atoms with van der Waals surface area (Å²) in [6.45, 7) is 2.65. The van der Waals surface area contributed by atoms with Crippen molar-refractivity contribution in [3.05, 3.63) is 0 Å². The molecule has 2 heterocycles. The van der Waals surface area contributed by atoms with Gasteiger partial charge in [-0.2, -0.15) is 0 Å². The van der Waals surface area contributed by atoms with Crippen LogP contribution in [-0.4, -0.2) is 63.3 Å². The maximum Gasteiger partial charge on any atom is 0.329 e. The molecular formula is C13H22N2O4. The van der Waals surface area contributed by atoms with Gasteiger partial charge in [-0.25, -0.2) is 9.59 Å². The van der Waals surface area contributed by atoms with Crippen molar-refractivity contribution in [3.63, 3.8) is 0 Å². The molecule has 2 rings (SSSR count). The molecule has 2 atom stereocenters. The fourth-order valence-electron chi connectivity index (χ4n) is 3.09. The Bertz CT molecular complexity index is 374. The number of carboxylic acids is 1. The lowest BCUT2D eigenvalue weighted by Gasteiger charge is -2.40. The van der Waals surface area contributed by atoms with Gasteiger partial charge < -0.3 is 20.0 Å². The van der Waals surface area contributed by atoms with Crippen molar-refractivity contribution in [2.45, 2.75) is 50.6 Å². The van der Waals surface area contributed by atoms with Crippen molar-refractivity contribution in [2.75, 3.05) is 19.7 Å². The van der Waals surface area contributed by atoms with Gasteiger partial charge in [-0.3, -0.25) is 0 Å². The van der Waals surface area contributed by atoms with Crippen molar-refractivity contribution < 1.29 is 19.8 Å². The van der Waals surface area contributed by atoms with Crippen molar-refractivity contribution >= 4 is 12.0 Å². The number of likely N-dealkylation sites (tertiary alicyclic amines) is 2. The fourth-order valence-corrected chi connectivity index (χ4v) is 3.09. The van der Waals surface area contributed by atoms with Gasteiger partial charge in [-0.05, 0) is 39.0 Å². The molecule has 0 aromatic heterocycles. The highest BCUT2D eigenvalue weighted by Gasteiger charge is 2.48. The first-order chi connectivity index (χ1) is 9.00. The molecule has 0 radical (unpaired) electrons. The van der Waals surface area contributed by atoms with E-state index in [1.807, 2.05) is 0 Å². The van der Waals surface area contributed by atoms with E-state index in [1.165, 1.54) is 4.90 Å². The molecule has 0 aromatic carbocycles. The van der Waals surface area contributed by atoms with E-state index in [4.69, 9.17) is 0 Å². The summed E-state index contributed by atoms with van der Waals surface area (Å²) in [5.74, 6) is -0.948. The lowest BCUT2D eigenvalue weighted by molar-refractivity contribution is -0.147. The van der Waals surface area contributed by atoms with E-state index in [1.54, 1.807) is 11.8 Å². The molecule has 2 unspecified atom stereocenters. The summed E-state index contributed by atoms with van der Waals surface area (Å²) in [5, 5.41) is 18.7. The zero-order valence-corrected chi connectivity index (χ0v) is 11.3. The topological polar surface area (TPSA) is 81.1 Å². The fraction of sp³-hybridized carbons (Fsp3) is 0.846. The van der Waals surface area contributed by atoms with Gasteiger partial charge in [0.1, 0.15) is 5.54 Å². The number of aliphatic hydroxyl groups is 1. The normalized spacial score (nSPS) is 31.6. The first-order valence-electron chi connectivity index (χ1n) is 6.93. The largest absolute Gasteiger partial charge is 0.480 e. The molecule has 2 saturated heterocycles. The highest BCUT2D eigenvalue weighted by Crippen LogP contribution is 2.31. The number of hydrogen-bond donors (Lipinski definition) is 2. The zero-order chi connectivity index (χ0) is 14.0. The van der Waals surface area contributed by atoms with Crippen LogP contribution in [0.3, 0.4) is 0 Å². The zero-order valence-electron chi connectivity index (χ0n) is 11.3. The van der Waals surface area contributed by atoms with Gasteiger partial charge in [-0.1, -0.05) is 0 Å². The van der Waals surface area contributed by atoms with E-state index in [0.29, 0.717) is 25.9 Å². The molecule has 2 N–H and O–H groups in total. The van der Waals surface area contributed by atoms with Crippen molar-refractivity contribution in [1.29, 1.82) is 0 Å². The van der Waals surface area contributed by atoms with Crippen LogP contribution in [0.15, 0.2) is 0 Å². The van der Waals surface area contributed by atoms with E-state index < -0.39 is 11.5 Å². The minimum absolute atomic E-state index is 0.0522. The number of piperidine rings is 1. The van der Waals surface area contributed by atoms with E-state index in [2.05, 4.69) is 0 Å². The van der Waals surface area contributed by atoms with Crippen LogP contribution in [0.1, 0.15) is 39.0 Å². The van der Waals surface area contributed by atoms with Crippen LogP contribution in [0.25, 0.3) is 0 Å². The second-order valence-electron chi connectivity index (χ2n) is 5.64. The molecule has 0 saturated carbocycles. The molecule has 2 fully saturated rings. The third-order valence-corrected chi connectivity index (χ3v) is 4.42. The number of carboxylic acid groups (broad SMARTS) is 1. The van der Waals surface area contributed by atoms with Crippen LogP contribution < -0.4 is 0 Å². The third kappa shape index (κ3) is 2.41. The highest BCUT2D eigenvalue weighted by atomic mass is 16.4. The van der Waals surface area contributed by atoms with Crippen LogP contribution in [0.5, 0.6) is 0 Å². The molecule has 0 aliphatic carbocycles. The van der Waals surface area contributed by atoms with Gasteiger partial charge in [-0.15, -0.1) is 0 Å². The number of aliphatic hydroxyl groups excluding tert-OH is 1. The van der Waals surface area contributed by atoms with E-state index in [9.17, 15) is 19.8 Å². The predicted octanol–water partition coefficient (Wildman–Crippen LogP) is 0.892. The van der Waals surface area contributed by atoms with Crippen LogP contribution in [0.4, 0.5) is 4.79 Å². The maximum atomic E-state index is 12.6. The molecule has 2 aliphatic heterocycles. The molecule has 0 bridgehead atoms. The second-order valence-corrected chi connectivity index (χ2v) is 5.64. The number of amides is 2. The Hall–Kier alpha value is -1.30. The summed E-state index contributed by atoms with van der Waals surface area (Å²) in [4.78, 5) is 27.1. The number of carbonyl (C=O) groups is 2. The monoisotopic (exact) mass is 270 g/mol. The number of nitrogens with zero attached hydrogens (tertiary/aromatic N) is 2. The van der Waals surface area contributed by atoms with E-state index in [-0.39, 0.29) is 18.7 Å². The Balaban J connectivity index is 2.16. The Kier molecular flexibility index (Phi) is 3.99. The van der Waals surface area contributed by atoms with Gasteiger partial charge in [0, 0.05) is 13.1 Å². The van der Waals surface area contributed by atoms with Gasteiger partial charge >= 0.3 is 12.0 Å². The minimum Gasteiger partial charge on any atom is -0.480 e. The predicted molar refractivity (Wildman–Crippen MR) is 68.8 cm³/mol. The molecule has 0 aromatic rings. The Morgan fingerprint density at radius 3 is 2.63 bits per heavy atom. The molecule has 108 valence electrons. The van der Waals surface area contributed by atoms with E-state index >= 15 is 0 Å². The SMILES string of the molecule is CC1(C(=O)O)CCCN1C(=O)N1CCCCC1CO. The lowest BCUT2D eigenvalue weighted by Crippen LogP contribution is -2.58. The van der Waals surface area contributed by atoms with Gasteiger partial charge in [0.25, 0.3) is 0 Å². The number of hydrogen-bond acceptors (Lipinski definition) is 3. The Morgan fingerprint density at radius 1 is 1.26 bits per heavy atom. The van der Waals surface area contributed by atoms with Crippen LogP contribution in [-0.2, 0) is 4.79 Å². The summed E-state index contributed by atoms with van der Waals surface area (Å²) in [7, 11) is 0. The summed E-state index contributed by atoms with van der Waals surface area (Å²) in [6, 6.07) is -0.402. The summed E-state index contributed by atoms with van der Waals surface area (Å²) in [6.07, 6.45) is 3.92. The first kappa shape index (κ1) is 14.1. The molecule has 6 heteroatoms. The maximum absolute atomic E-state index is 12.6. The van der Waals surface area contributed by atoms with Crippen molar-refractivity contribution in [2.24, 2.45) is 0 Å². The van der Waals surface area contributed by atoms with Crippen LogP contribution in [0.2, 0.25) is 0 Å². The number of rotatable bonds is 2. The Morgan fingerprint density at radius 2 is 2.00 bits per heavy atom. The van der Waals surface area contributed by atoms with E-state index in [0.717, 1.165) is 19.3 Å². The van der Waals surface area contributed by atoms with Gasteiger partial charge in [0.2, 0.25) is 0 Å². The highest BCUT2D eigenvalue weighted by molar-refractivity contribution is 5.86. The smallest absolute Gasteiger partial charge is 0.329 e. The molecule has 2 amide bonds. The third-order valence-electron chi connectivity index (χ3n) is 4.42. The average Bonchev–Trinajstić information content (AvgIpc) is 2.81.